The fourth-order valence-electron chi connectivity index (χ4n) is 2.96. The SMILES string of the molecule is CC1=Cc2c(-c3ccc(C(C)(C)C)cc3)ccc(Br)c2C1. The van der Waals surface area contributed by atoms with Gasteiger partial charge in [0.15, 0.2) is 0 Å². The lowest BCUT2D eigenvalue weighted by Crippen LogP contribution is -2.10. The number of hydrogen-bond acceptors (Lipinski definition) is 0. The number of fused-ring (bicyclic) bond motifs is 1. The summed E-state index contributed by atoms with van der Waals surface area (Å²) in [5.74, 6) is 0. The van der Waals surface area contributed by atoms with Crippen LogP contribution in [0.2, 0.25) is 0 Å². The molecule has 2 aromatic carbocycles. The van der Waals surface area contributed by atoms with Crippen LogP contribution in [0.5, 0.6) is 0 Å². The Hall–Kier alpha value is -1.34. The minimum atomic E-state index is 0.205. The Kier molecular flexibility index (Phi) is 3.57. The van der Waals surface area contributed by atoms with Crippen molar-refractivity contribution >= 4 is 22.0 Å². The zero-order valence-electron chi connectivity index (χ0n) is 13.1. The summed E-state index contributed by atoms with van der Waals surface area (Å²) in [5, 5.41) is 0. The molecule has 1 aliphatic carbocycles. The van der Waals surface area contributed by atoms with Gasteiger partial charge in [-0.05, 0) is 52.6 Å². The molecule has 0 saturated carbocycles. The Labute approximate surface area is 136 Å². The molecule has 0 N–H and O–H groups in total. The summed E-state index contributed by atoms with van der Waals surface area (Å²) < 4.78 is 1.22. The van der Waals surface area contributed by atoms with Crippen molar-refractivity contribution in [3.8, 4) is 11.1 Å². The zero-order chi connectivity index (χ0) is 15.2. The van der Waals surface area contributed by atoms with E-state index in [-0.39, 0.29) is 5.41 Å². The molecule has 0 aliphatic heterocycles. The molecule has 0 saturated heterocycles. The van der Waals surface area contributed by atoms with E-state index in [1.165, 1.54) is 37.9 Å². The Morgan fingerprint density at radius 1 is 0.952 bits per heavy atom. The molecule has 0 fully saturated rings. The third-order valence-corrected chi connectivity index (χ3v) is 4.95. The first-order valence-electron chi connectivity index (χ1n) is 7.46. The van der Waals surface area contributed by atoms with E-state index in [1.807, 2.05) is 0 Å². The molecule has 0 amide bonds. The second-order valence-corrected chi connectivity index (χ2v) is 7.84. The van der Waals surface area contributed by atoms with Crippen molar-refractivity contribution in [3.63, 3.8) is 0 Å². The second-order valence-electron chi connectivity index (χ2n) is 6.98. The molecular formula is C20H21Br. The van der Waals surface area contributed by atoms with Crippen LogP contribution in [0.3, 0.4) is 0 Å². The monoisotopic (exact) mass is 340 g/mol. The van der Waals surface area contributed by atoms with E-state index in [4.69, 9.17) is 0 Å². The fourth-order valence-corrected chi connectivity index (χ4v) is 3.45. The highest BCUT2D eigenvalue weighted by Gasteiger charge is 2.18. The summed E-state index contributed by atoms with van der Waals surface area (Å²) in [6, 6.07) is 13.4. The van der Waals surface area contributed by atoms with Gasteiger partial charge in [0.1, 0.15) is 0 Å². The van der Waals surface area contributed by atoms with Gasteiger partial charge < -0.3 is 0 Å². The molecule has 21 heavy (non-hydrogen) atoms. The van der Waals surface area contributed by atoms with Crippen molar-refractivity contribution in [3.05, 3.63) is 63.1 Å². The Balaban J connectivity index is 2.08. The molecule has 0 bridgehead atoms. The molecule has 2 aromatic rings. The van der Waals surface area contributed by atoms with Gasteiger partial charge in [-0.3, -0.25) is 0 Å². The highest BCUT2D eigenvalue weighted by atomic mass is 79.9. The van der Waals surface area contributed by atoms with Crippen molar-refractivity contribution < 1.29 is 0 Å². The molecule has 1 heteroatoms. The second kappa shape index (κ2) is 5.14. The van der Waals surface area contributed by atoms with E-state index in [9.17, 15) is 0 Å². The van der Waals surface area contributed by atoms with Gasteiger partial charge >= 0.3 is 0 Å². The summed E-state index contributed by atoms with van der Waals surface area (Å²) in [7, 11) is 0. The predicted molar refractivity (Wildman–Crippen MR) is 95.6 cm³/mol. The third kappa shape index (κ3) is 2.72. The lowest BCUT2D eigenvalue weighted by Gasteiger charge is -2.19. The van der Waals surface area contributed by atoms with Crippen LogP contribution in [0.1, 0.15) is 44.4 Å². The van der Waals surface area contributed by atoms with Crippen molar-refractivity contribution in [1.82, 2.24) is 0 Å². The molecule has 0 nitrogen and oxygen atoms in total. The molecular weight excluding hydrogens is 320 g/mol. The topological polar surface area (TPSA) is 0 Å². The van der Waals surface area contributed by atoms with Gasteiger partial charge in [0.25, 0.3) is 0 Å². The highest BCUT2D eigenvalue weighted by Crippen LogP contribution is 2.38. The summed E-state index contributed by atoms with van der Waals surface area (Å²) >= 11 is 3.69. The minimum Gasteiger partial charge on any atom is -0.0682 e. The Morgan fingerprint density at radius 2 is 1.62 bits per heavy atom. The van der Waals surface area contributed by atoms with Crippen LogP contribution >= 0.6 is 15.9 Å². The van der Waals surface area contributed by atoms with Crippen LogP contribution in [-0.2, 0) is 11.8 Å². The molecule has 0 atom stereocenters. The lowest BCUT2D eigenvalue weighted by atomic mass is 9.86. The van der Waals surface area contributed by atoms with Crippen molar-refractivity contribution in [2.45, 2.75) is 39.5 Å². The van der Waals surface area contributed by atoms with Crippen molar-refractivity contribution in [2.24, 2.45) is 0 Å². The molecule has 0 spiro atoms. The first-order chi connectivity index (χ1) is 9.86. The predicted octanol–water partition coefficient (Wildman–Crippen LogP) is 6.37. The first kappa shape index (κ1) is 14.6. The maximum absolute atomic E-state index is 3.69. The van der Waals surface area contributed by atoms with E-state index in [0.29, 0.717) is 0 Å². The summed E-state index contributed by atoms with van der Waals surface area (Å²) in [5.41, 5.74) is 8.46. The van der Waals surface area contributed by atoms with E-state index in [1.54, 1.807) is 0 Å². The van der Waals surface area contributed by atoms with Crippen LogP contribution in [-0.4, -0.2) is 0 Å². The smallest absolute Gasteiger partial charge is 0.0216 e. The lowest BCUT2D eigenvalue weighted by molar-refractivity contribution is 0.590. The third-order valence-electron chi connectivity index (χ3n) is 4.21. The summed E-state index contributed by atoms with van der Waals surface area (Å²) in [6.45, 7) is 8.97. The Bertz CT molecular complexity index is 713. The maximum atomic E-state index is 3.69. The van der Waals surface area contributed by atoms with Crippen LogP contribution in [0.4, 0.5) is 0 Å². The van der Waals surface area contributed by atoms with Gasteiger partial charge in [0, 0.05) is 4.47 Å². The van der Waals surface area contributed by atoms with Gasteiger partial charge in [-0.1, -0.05) is 78.7 Å². The standard InChI is InChI=1S/C20H21Br/c1-13-11-17-16(9-10-19(21)18(17)12-13)14-5-7-15(8-6-14)20(2,3)4/h5-11H,12H2,1-4H3. The van der Waals surface area contributed by atoms with Gasteiger partial charge in [-0.2, -0.15) is 0 Å². The fraction of sp³-hybridized carbons (Fsp3) is 0.300. The van der Waals surface area contributed by atoms with E-state index < -0.39 is 0 Å². The number of allylic oxidation sites excluding steroid dienone is 1. The number of benzene rings is 2. The molecule has 0 aromatic heterocycles. The molecule has 0 heterocycles. The van der Waals surface area contributed by atoms with Gasteiger partial charge in [0.2, 0.25) is 0 Å². The minimum absolute atomic E-state index is 0.205. The van der Waals surface area contributed by atoms with Crippen LogP contribution in [0.25, 0.3) is 17.2 Å². The average Bonchev–Trinajstić information content (AvgIpc) is 2.81. The molecule has 1 aliphatic rings. The van der Waals surface area contributed by atoms with Crippen molar-refractivity contribution in [1.29, 1.82) is 0 Å². The van der Waals surface area contributed by atoms with Gasteiger partial charge in [-0.15, -0.1) is 0 Å². The van der Waals surface area contributed by atoms with Crippen LogP contribution in [0.15, 0.2) is 46.4 Å². The molecule has 0 unspecified atom stereocenters. The van der Waals surface area contributed by atoms with Gasteiger partial charge in [-0.25, -0.2) is 0 Å². The molecule has 108 valence electrons. The quantitative estimate of drug-likeness (QED) is 0.565. The number of halogens is 1. The van der Waals surface area contributed by atoms with E-state index in [2.05, 4.69) is 86.1 Å². The average molecular weight is 341 g/mol. The van der Waals surface area contributed by atoms with Crippen LogP contribution < -0.4 is 0 Å². The van der Waals surface area contributed by atoms with E-state index in [0.717, 1.165) is 6.42 Å². The maximum Gasteiger partial charge on any atom is 0.0216 e. The normalized spacial score (nSPS) is 14.0. The van der Waals surface area contributed by atoms with E-state index >= 15 is 0 Å². The van der Waals surface area contributed by atoms with Gasteiger partial charge in [0.05, 0.1) is 0 Å². The zero-order valence-corrected chi connectivity index (χ0v) is 14.7. The highest BCUT2D eigenvalue weighted by molar-refractivity contribution is 9.10. The largest absolute Gasteiger partial charge is 0.0682 e. The number of hydrogen-bond donors (Lipinski definition) is 0. The first-order valence-corrected chi connectivity index (χ1v) is 8.25. The Morgan fingerprint density at radius 3 is 2.24 bits per heavy atom. The molecule has 0 radical (unpaired) electrons. The summed E-state index contributed by atoms with van der Waals surface area (Å²) in [4.78, 5) is 0. The number of rotatable bonds is 1. The summed E-state index contributed by atoms with van der Waals surface area (Å²) in [6.07, 6.45) is 3.39. The van der Waals surface area contributed by atoms with Crippen molar-refractivity contribution in [2.75, 3.05) is 0 Å². The van der Waals surface area contributed by atoms with Crippen LogP contribution in [0, 0.1) is 0 Å². The molecule has 3 rings (SSSR count).